The first kappa shape index (κ1) is 17.1. The molecule has 0 amide bonds. The lowest BCUT2D eigenvalue weighted by molar-refractivity contribution is -0.384. The fraction of sp³-hybridized carbons (Fsp3) is 0.0526. The average molecular weight is 350 g/mol. The lowest BCUT2D eigenvalue weighted by Gasteiger charge is -2.10. The van der Waals surface area contributed by atoms with Gasteiger partial charge in [0.25, 0.3) is 5.69 Å². The number of ether oxygens (including phenoxy) is 1. The fourth-order valence-electron chi connectivity index (χ4n) is 2.50. The second-order valence-corrected chi connectivity index (χ2v) is 5.60. The summed E-state index contributed by atoms with van der Waals surface area (Å²) < 4.78 is 5.75. The summed E-state index contributed by atoms with van der Waals surface area (Å²) in [6.45, 7) is 1.91. The normalized spacial score (nSPS) is 10.3. The van der Waals surface area contributed by atoms with Crippen LogP contribution >= 0.6 is 0 Å². The highest BCUT2D eigenvalue weighted by molar-refractivity contribution is 5.90. The topological polar surface area (TPSA) is 103 Å². The maximum atomic E-state index is 11.5. The second kappa shape index (κ2) is 7.02. The number of pyridine rings is 1. The van der Waals surface area contributed by atoms with Crippen molar-refractivity contribution in [2.24, 2.45) is 0 Å². The third kappa shape index (κ3) is 3.67. The third-order valence-corrected chi connectivity index (χ3v) is 3.64. The molecule has 0 fully saturated rings. The summed E-state index contributed by atoms with van der Waals surface area (Å²) >= 11 is 0. The first-order chi connectivity index (χ1) is 12.4. The molecule has 0 saturated carbocycles. The minimum absolute atomic E-state index is 0.0508. The molecule has 0 saturated heterocycles. The van der Waals surface area contributed by atoms with Crippen molar-refractivity contribution >= 4 is 11.7 Å². The van der Waals surface area contributed by atoms with Gasteiger partial charge in [-0.1, -0.05) is 12.1 Å². The number of carbonyl (C=O) groups is 1. The number of nitrogens with zero attached hydrogens (tertiary/aromatic N) is 2. The third-order valence-electron chi connectivity index (χ3n) is 3.64. The van der Waals surface area contributed by atoms with Crippen LogP contribution in [0, 0.1) is 17.0 Å². The van der Waals surface area contributed by atoms with Crippen molar-refractivity contribution in [1.29, 1.82) is 0 Å². The molecule has 3 rings (SSSR count). The predicted molar refractivity (Wildman–Crippen MR) is 94.5 cm³/mol. The van der Waals surface area contributed by atoms with Gasteiger partial charge in [0.15, 0.2) is 0 Å². The minimum atomic E-state index is -1.17. The summed E-state index contributed by atoms with van der Waals surface area (Å²) in [6.07, 6.45) is 1.41. The van der Waals surface area contributed by atoms with Gasteiger partial charge in [-0.05, 0) is 48.9 Å². The molecule has 1 heterocycles. The summed E-state index contributed by atoms with van der Waals surface area (Å²) in [5.74, 6) is -0.376. The van der Waals surface area contributed by atoms with E-state index in [1.165, 1.54) is 36.5 Å². The Morgan fingerprint density at radius 3 is 2.62 bits per heavy atom. The Labute approximate surface area is 148 Å². The molecule has 26 heavy (non-hydrogen) atoms. The van der Waals surface area contributed by atoms with E-state index in [9.17, 15) is 20.0 Å². The number of hydrogen-bond acceptors (Lipinski definition) is 5. The van der Waals surface area contributed by atoms with Gasteiger partial charge in [0.05, 0.1) is 10.5 Å². The van der Waals surface area contributed by atoms with Crippen LogP contribution < -0.4 is 4.74 Å². The highest BCUT2D eigenvalue weighted by Gasteiger charge is 2.19. The highest BCUT2D eigenvalue weighted by atomic mass is 16.6. The predicted octanol–water partition coefficient (Wildman–Crippen LogP) is 4.46. The Balaban J connectivity index is 2.11. The molecule has 130 valence electrons. The number of benzene rings is 2. The van der Waals surface area contributed by atoms with Gasteiger partial charge in [-0.2, -0.15) is 0 Å². The van der Waals surface area contributed by atoms with Crippen LogP contribution in [0.4, 0.5) is 5.69 Å². The van der Waals surface area contributed by atoms with Crippen LogP contribution in [0.15, 0.2) is 60.8 Å². The average Bonchev–Trinajstić information content (AvgIpc) is 2.61. The zero-order valence-electron chi connectivity index (χ0n) is 13.7. The number of aromatic carboxylic acids is 1. The van der Waals surface area contributed by atoms with Crippen molar-refractivity contribution in [3.63, 3.8) is 0 Å². The van der Waals surface area contributed by atoms with Crippen LogP contribution in [0.5, 0.6) is 11.5 Å². The number of rotatable bonds is 5. The molecule has 2 aromatic carbocycles. The van der Waals surface area contributed by atoms with Gasteiger partial charge in [-0.3, -0.25) is 10.1 Å². The lowest BCUT2D eigenvalue weighted by atomic mass is 10.1. The Kier molecular flexibility index (Phi) is 4.62. The van der Waals surface area contributed by atoms with Crippen molar-refractivity contribution in [2.45, 2.75) is 6.92 Å². The number of carboxylic acid groups (broad SMARTS) is 1. The molecule has 1 N–H and O–H groups in total. The number of hydrogen-bond donors (Lipinski definition) is 1. The molecular weight excluding hydrogens is 336 g/mol. The van der Waals surface area contributed by atoms with E-state index in [1.54, 1.807) is 12.1 Å². The fourth-order valence-corrected chi connectivity index (χ4v) is 2.50. The summed E-state index contributed by atoms with van der Waals surface area (Å²) in [6, 6.07) is 14.3. The molecule has 0 radical (unpaired) electrons. The van der Waals surface area contributed by atoms with E-state index in [4.69, 9.17) is 4.74 Å². The Morgan fingerprint density at radius 1 is 1.12 bits per heavy atom. The van der Waals surface area contributed by atoms with Gasteiger partial charge >= 0.3 is 5.97 Å². The smallest absolute Gasteiger partial charge is 0.335 e. The van der Waals surface area contributed by atoms with Crippen LogP contribution in [0.25, 0.3) is 11.3 Å². The summed E-state index contributed by atoms with van der Waals surface area (Å²) in [7, 11) is 0. The summed E-state index contributed by atoms with van der Waals surface area (Å²) in [5.41, 5.74) is 1.09. The summed E-state index contributed by atoms with van der Waals surface area (Å²) in [4.78, 5) is 26.2. The molecule has 3 aromatic rings. The zero-order valence-corrected chi connectivity index (χ0v) is 13.7. The van der Waals surface area contributed by atoms with Crippen molar-refractivity contribution in [1.82, 2.24) is 4.98 Å². The van der Waals surface area contributed by atoms with E-state index < -0.39 is 10.9 Å². The van der Waals surface area contributed by atoms with Crippen LogP contribution in [0.2, 0.25) is 0 Å². The molecule has 7 nitrogen and oxygen atoms in total. The number of carboxylic acids is 1. The molecule has 1 aromatic heterocycles. The Bertz CT molecular complexity index is 1000. The molecule has 0 aliphatic rings. The van der Waals surface area contributed by atoms with E-state index in [0.717, 1.165) is 5.56 Å². The second-order valence-electron chi connectivity index (χ2n) is 5.60. The lowest BCUT2D eigenvalue weighted by Crippen LogP contribution is -2.00. The van der Waals surface area contributed by atoms with Gasteiger partial charge in [0, 0.05) is 17.8 Å². The van der Waals surface area contributed by atoms with E-state index in [0.29, 0.717) is 11.3 Å². The van der Waals surface area contributed by atoms with Crippen molar-refractivity contribution in [3.8, 4) is 22.8 Å². The number of nitro groups is 1. The van der Waals surface area contributed by atoms with Gasteiger partial charge in [-0.15, -0.1) is 0 Å². The molecule has 0 atom stereocenters. The zero-order chi connectivity index (χ0) is 18.7. The van der Waals surface area contributed by atoms with Gasteiger partial charge in [0.1, 0.15) is 17.2 Å². The van der Waals surface area contributed by atoms with Crippen LogP contribution in [-0.4, -0.2) is 21.0 Å². The molecule has 0 aliphatic heterocycles. The standard InChI is InChI=1S/C19H14N2O5/c1-12-4-2-5-15(8-12)26-16-10-13(9-14(11-16)19(22)23)18-17(21(24)25)6-3-7-20-18/h2-11H,1H3,(H,22,23). The largest absolute Gasteiger partial charge is 0.478 e. The Morgan fingerprint density at radius 2 is 1.92 bits per heavy atom. The first-order valence-corrected chi connectivity index (χ1v) is 7.67. The van der Waals surface area contributed by atoms with Gasteiger partial charge in [-0.25, -0.2) is 9.78 Å². The van der Waals surface area contributed by atoms with Crippen molar-refractivity contribution in [2.75, 3.05) is 0 Å². The maximum absolute atomic E-state index is 11.5. The Hall–Kier alpha value is -3.74. The monoisotopic (exact) mass is 350 g/mol. The van der Waals surface area contributed by atoms with Crippen molar-refractivity contribution in [3.05, 3.63) is 82.0 Å². The minimum Gasteiger partial charge on any atom is -0.478 e. The van der Waals surface area contributed by atoms with E-state index in [1.807, 2.05) is 19.1 Å². The van der Waals surface area contributed by atoms with E-state index in [2.05, 4.69) is 4.98 Å². The molecule has 0 spiro atoms. The molecule has 0 bridgehead atoms. The maximum Gasteiger partial charge on any atom is 0.335 e. The molecule has 7 heteroatoms. The van der Waals surface area contributed by atoms with E-state index in [-0.39, 0.29) is 22.7 Å². The van der Waals surface area contributed by atoms with Crippen LogP contribution in [0.1, 0.15) is 15.9 Å². The van der Waals surface area contributed by atoms with Gasteiger partial charge < -0.3 is 9.84 Å². The van der Waals surface area contributed by atoms with Crippen LogP contribution in [0.3, 0.4) is 0 Å². The molecule has 0 aliphatic carbocycles. The number of aromatic nitrogens is 1. The van der Waals surface area contributed by atoms with Gasteiger partial charge in [0.2, 0.25) is 0 Å². The number of aryl methyl sites for hydroxylation is 1. The quantitative estimate of drug-likeness (QED) is 0.538. The molecular formula is C19H14N2O5. The highest BCUT2D eigenvalue weighted by Crippen LogP contribution is 2.33. The SMILES string of the molecule is Cc1cccc(Oc2cc(C(=O)O)cc(-c3ncccc3[N+](=O)[O-])c2)c1. The van der Waals surface area contributed by atoms with Crippen molar-refractivity contribution < 1.29 is 19.6 Å². The molecule has 0 unspecified atom stereocenters. The van der Waals surface area contributed by atoms with Crippen LogP contribution in [-0.2, 0) is 0 Å². The summed E-state index contributed by atoms with van der Waals surface area (Å²) in [5, 5.41) is 20.6. The first-order valence-electron chi connectivity index (χ1n) is 7.67. The van der Waals surface area contributed by atoms with E-state index >= 15 is 0 Å².